The Bertz CT molecular complexity index is 396. The maximum atomic E-state index is 10.2. The van der Waals surface area contributed by atoms with Gasteiger partial charge < -0.3 is 14.6 Å². The monoisotopic (exact) mass is 280 g/mol. The van der Waals surface area contributed by atoms with Gasteiger partial charge in [-0.3, -0.25) is 0 Å². The molecule has 0 aromatic carbocycles. The van der Waals surface area contributed by atoms with E-state index in [4.69, 9.17) is 0 Å². The molecule has 1 N–H and O–H groups in total. The maximum Gasteiger partial charge on any atom is 0.129 e. The summed E-state index contributed by atoms with van der Waals surface area (Å²) in [6.45, 7) is 10.5. The second-order valence-electron chi connectivity index (χ2n) is 6.45. The molecule has 0 aliphatic carbocycles. The van der Waals surface area contributed by atoms with E-state index in [0.717, 1.165) is 51.3 Å². The molecule has 0 radical (unpaired) electrons. The fraction of sp³-hybridized carbons (Fsp3) is 0.867. The molecule has 1 atom stereocenters. The van der Waals surface area contributed by atoms with Gasteiger partial charge in [-0.15, -0.1) is 10.2 Å². The molecule has 114 valence electrons. The van der Waals surface area contributed by atoms with E-state index in [1.807, 2.05) is 6.92 Å². The zero-order valence-electron chi connectivity index (χ0n) is 13.0. The summed E-state index contributed by atoms with van der Waals surface area (Å²) < 4.78 is 2.10. The number of likely N-dealkylation sites (tertiary alicyclic amines) is 1. The van der Waals surface area contributed by atoms with Gasteiger partial charge in [0, 0.05) is 13.1 Å². The molecule has 1 saturated heterocycles. The quantitative estimate of drug-likeness (QED) is 0.862. The third-order valence-electron chi connectivity index (χ3n) is 4.36. The molecule has 20 heavy (non-hydrogen) atoms. The maximum absolute atomic E-state index is 10.2. The van der Waals surface area contributed by atoms with E-state index in [1.165, 1.54) is 0 Å². The van der Waals surface area contributed by atoms with E-state index >= 15 is 0 Å². The summed E-state index contributed by atoms with van der Waals surface area (Å²) in [7, 11) is 0. The van der Waals surface area contributed by atoms with E-state index in [0.29, 0.717) is 11.8 Å². The number of rotatable bonds is 6. The smallest absolute Gasteiger partial charge is 0.129 e. The Morgan fingerprint density at radius 1 is 1.30 bits per heavy atom. The lowest BCUT2D eigenvalue weighted by molar-refractivity contribution is 0.0446. The SMILES string of the molecule is Cc1nncn1CCN1CCC(C(O)CC(C)C)CC1. The highest BCUT2D eigenvalue weighted by Crippen LogP contribution is 2.24. The molecule has 1 aromatic heterocycles. The van der Waals surface area contributed by atoms with Crippen molar-refractivity contribution in [1.29, 1.82) is 0 Å². The van der Waals surface area contributed by atoms with Gasteiger partial charge in [0.25, 0.3) is 0 Å². The summed E-state index contributed by atoms with van der Waals surface area (Å²) in [5.41, 5.74) is 0. The lowest BCUT2D eigenvalue weighted by Crippen LogP contribution is -2.39. The molecule has 1 aliphatic rings. The van der Waals surface area contributed by atoms with Gasteiger partial charge >= 0.3 is 0 Å². The highest BCUT2D eigenvalue weighted by atomic mass is 16.3. The molecular weight excluding hydrogens is 252 g/mol. The first-order chi connectivity index (χ1) is 9.56. The van der Waals surface area contributed by atoms with Crippen molar-refractivity contribution >= 4 is 0 Å². The van der Waals surface area contributed by atoms with Crippen LogP contribution in [-0.2, 0) is 6.54 Å². The number of aliphatic hydroxyl groups excluding tert-OH is 1. The fourth-order valence-electron chi connectivity index (χ4n) is 3.02. The molecule has 1 aromatic rings. The predicted molar refractivity (Wildman–Crippen MR) is 79.4 cm³/mol. The summed E-state index contributed by atoms with van der Waals surface area (Å²) in [5.74, 6) is 2.05. The minimum Gasteiger partial charge on any atom is -0.393 e. The number of nitrogens with zero attached hydrogens (tertiary/aromatic N) is 4. The zero-order chi connectivity index (χ0) is 14.5. The van der Waals surface area contributed by atoms with E-state index in [-0.39, 0.29) is 6.10 Å². The van der Waals surface area contributed by atoms with Gasteiger partial charge in [-0.25, -0.2) is 0 Å². The van der Waals surface area contributed by atoms with Crippen LogP contribution in [0.5, 0.6) is 0 Å². The lowest BCUT2D eigenvalue weighted by atomic mass is 9.87. The molecule has 5 heteroatoms. The summed E-state index contributed by atoms with van der Waals surface area (Å²) in [4.78, 5) is 2.48. The Balaban J connectivity index is 1.70. The molecule has 0 spiro atoms. The van der Waals surface area contributed by atoms with Crippen molar-refractivity contribution in [1.82, 2.24) is 19.7 Å². The van der Waals surface area contributed by atoms with Gasteiger partial charge in [0.05, 0.1) is 6.10 Å². The molecule has 2 rings (SSSR count). The molecule has 1 fully saturated rings. The Morgan fingerprint density at radius 3 is 2.55 bits per heavy atom. The zero-order valence-corrected chi connectivity index (χ0v) is 13.0. The second-order valence-corrected chi connectivity index (χ2v) is 6.45. The normalized spacial score (nSPS) is 19.6. The molecule has 0 bridgehead atoms. The third-order valence-corrected chi connectivity index (χ3v) is 4.36. The first-order valence-corrected chi connectivity index (χ1v) is 7.81. The predicted octanol–water partition coefficient (Wildman–Crippen LogP) is 1.71. The van der Waals surface area contributed by atoms with E-state index in [9.17, 15) is 5.11 Å². The van der Waals surface area contributed by atoms with E-state index in [1.54, 1.807) is 6.33 Å². The molecular formula is C15H28N4O. The van der Waals surface area contributed by atoms with Gasteiger partial charge in [0.15, 0.2) is 0 Å². The van der Waals surface area contributed by atoms with Gasteiger partial charge in [-0.1, -0.05) is 13.8 Å². The second kappa shape index (κ2) is 7.18. The van der Waals surface area contributed by atoms with Crippen LogP contribution < -0.4 is 0 Å². The van der Waals surface area contributed by atoms with Gasteiger partial charge in [0.1, 0.15) is 12.2 Å². The van der Waals surface area contributed by atoms with Crippen molar-refractivity contribution in [3.8, 4) is 0 Å². The van der Waals surface area contributed by atoms with Crippen molar-refractivity contribution in [2.75, 3.05) is 19.6 Å². The van der Waals surface area contributed by atoms with Crippen LogP contribution in [0.2, 0.25) is 0 Å². The average molecular weight is 280 g/mol. The van der Waals surface area contributed by atoms with Crippen LogP contribution in [0.1, 0.15) is 38.9 Å². The largest absolute Gasteiger partial charge is 0.393 e. The third kappa shape index (κ3) is 4.28. The fourth-order valence-corrected chi connectivity index (χ4v) is 3.02. The van der Waals surface area contributed by atoms with Crippen LogP contribution in [0.25, 0.3) is 0 Å². The standard InChI is InChI=1S/C15H28N4O/c1-12(2)10-15(20)14-4-6-18(7-5-14)8-9-19-11-16-17-13(19)3/h11-12,14-15,20H,4-10H2,1-3H3. The summed E-state index contributed by atoms with van der Waals surface area (Å²) >= 11 is 0. The first kappa shape index (κ1) is 15.4. The van der Waals surface area contributed by atoms with Crippen LogP contribution in [0.3, 0.4) is 0 Å². The molecule has 1 aliphatic heterocycles. The van der Waals surface area contributed by atoms with Crippen LogP contribution in [0.4, 0.5) is 0 Å². The van der Waals surface area contributed by atoms with Crippen molar-refractivity contribution in [3.63, 3.8) is 0 Å². The van der Waals surface area contributed by atoms with Crippen molar-refractivity contribution in [2.24, 2.45) is 11.8 Å². The summed E-state index contributed by atoms with van der Waals surface area (Å²) in [6, 6.07) is 0. The van der Waals surface area contributed by atoms with E-state index < -0.39 is 0 Å². The molecule has 2 heterocycles. The van der Waals surface area contributed by atoms with E-state index in [2.05, 4.69) is 33.5 Å². The van der Waals surface area contributed by atoms with Crippen LogP contribution in [0.15, 0.2) is 6.33 Å². The molecule has 5 nitrogen and oxygen atoms in total. The number of aryl methyl sites for hydroxylation is 1. The first-order valence-electron chi connectivity index (χ1n) is 7.81. The minimum atomic E-state index is -0.114. The average Bonchev–Trinajstić information content (AvgIpc) is 2.82. The van der Waals surface area contributed by atoms with Gasteiger partial charge in [-0.2, -0.15) is 0 Å². The molecule has 1 unspecified atom stereocenters. The Kier molecular flexibility index (Phi) is 5.54. The van der Waals surface area contributed by atoms with Gasteiger partial charge in [0.2, 0.25) is 0 Å². The summed E-state index contributed by atoms with van der Waals surface area (Å²) in [5, 5.41) is 18.1. The van der Waals surface area contributed by atoms with Crippen LogP contribution in [0, 0.1) is 18.8 Å². The highest BCUT2D eigenvalue weighted by molar-refractivity contribution is 4.82. The van der Waals surface area contributed by atoms with Crippen molar-refractivity contribution in [2.45, 2.75) is 52.7 Å². The Morgan fingerprint density at radius 2 is 2.00 bits per heavy atom. The Labute approximate surface area is 122 Å². The lowest BCUT2D eigenvalue weighted by Gasteiger charge is -2.34. The van der Waals surface area contributed by atoms with Crippen LogP contribution >= 0.6 is 0 Å². The minimum absolute atomic E-state index is 0.114. The number of aromatic nitrogens is 3. The van der Waals surface area contributed by atoms with Crippen molar-refractivity contribution in [3.05, 3.63) is 12.2 Å². The van der Waals surface area contributed by atoms with Crippen LogP contribution in [-0.4, -0.2) is 50.5 Å². The Hall–Kier alpha value is -0.940. The summed E-state index contributed by atoms with van der Waals surface area (Å²) in [6.07, 6.45) is 4.86. The number of hydrogen-bond acceptors (Lipinski definition) is 4. The van der Waals surface area contributed by atoms with Crippen molar-refractivity contribution < 1.29 is 5.11 Å². The number of hydrogen-bond donors (Lipinski definition) is 1. The topological polar surface area (TPSA) is 54.2 Å². The van der Waals surface area contributed by atoms with Gasteiger partial charge in [-0.05, 0) is 51.1 Å². The highest BCUT2D eigenvalue weighted by Gasteiger charge is 2.25. The molecule has 0 saturated carbocycles. The number of piperidine rings is 1. The number of aliphatic hydroxyl groups is 1. The molecule has 0 amide bonds.